The monoisotopic (exact) mass is 296 g/mol. The highest BCUT2D eigenvalue weighted by molar-refractivity contribution is 7.89. The topological polar surface area (TPSA) is 49.4 Å². The first kappa shape index (κ1) is 15.5. The third kappa shape index (κ3) is 3.59. The van der Waals surface area contributed by atoms with Crippen LogP contribution in [0.2, 0.25) is 0 Å². The molecule has 0 aromatic heterocycles. The SMILES string of the molecule is CCNCC1CCCN(S(=O)(=O)c2ccc(C)cc2)C1. The summed E-state index contributed by atoms with van der Waals surface area (Å²) in [4.78, 5) is 0.409. The molecule has 0 radical (unpaired) electrons. The first-order chi connectivity index (χ1) is 9.54. The first-order valence-electron chi connectivity index (χ1n) is 7.31. The minimum Gasteiger partial charge on any atom is -0.317 e. The Hall–Kier alpha value is -0.910. The summed E-state index contributed by atoms with van der Waals surface area (Å²) >= 11 is 0. The third-order valence-electron chi connectivity index (χ3n) is 3.82. The Morgan fingerprint density at radius 3 is 2.65 bits per heavy atom. The van der Waals surface area contributed by atoms with E-state index in [2.05, 4.69) is 12.2 Å². The fourth-order valence-corrected chi connectivity index (χ4v) is 4.17. The molecule has 1 aliphatic heterocycles. The van der Waals surface area contributed by atoms with Crippen LogP contribution in [0.25, 0.3) is 0 Å². The molecule has 1 N–H and O–H groups in total. The van der Waals surface area contributed by atoms with E-state index in [0.29, 0.717) is 23.9 Å². The zero-order chi connectivity index (χ0) is 14.6. The number of piperidine rings is 1. The van der Waals surface area contributed by atoms with E-state index in [0.717, 1.165) is 31.5 Å². The van der Waals surface area contributed by atoms with Gasteiger partial charge in [-0.2, -0.15) is 4.31 Å². The summed E-state index contributed by atoms with van der Waals surface area (Å²) in [5.74, 6) is 0.420. The van der Waals surface area contributed by atoms with Gasteiger partial charge < -0.3 is 5.32 Å². The van der Waals surface area contributed by atoms with Crippen molar-refractivity contribution in [2.75, 3.05) is 26.2 Å². The van der Waals surface area contributed by atoms with Crippen molar-refractivity contribution in [2.24, 2.45) is 5.92 Å². The van der Waals surface area contributed by atoms with Gasteiger partial charge in [-0.25, -0.2) is 8.42 Å². The molecular formula is C15H24N2O2S. The van der Waals surface area contributed by atoms with Gasteiger partial charge in [0.25, 0.3) is 0 Å². The van der Waals surface area contributed by atoms with E-state index < -0.39 is 10.0 Å². The van der Waals surface area contributed by atoms with Gasteiger partial charge in [0.2, 0.25) is 10.0 Å². The molecule has 112 valence electrons. The van der Waals surface area contributed by atoms with Crippen LogP contribution < -0.4 is 5.32 Å². The lowest BCUT2D eigenvalue weighted by Gasteiger charge is -2.32. The molecule has 0 amide bonds. The van der Waals surface area contributed by atoms with Gasteiger partial charge in [-0.15, -0.1) is 0 Å². The lowest BCUT2D eigenvalue weighted by Crippen LogP contribution is -2.42. The van der Waals surface area contributed by atoms with Crippen LogP contribution in [0, 0.1) is 12.8 Å². The molecule has 1 heterocycles. The van der Waals surface area contributed by atoms with Crippen molar-refractivity contribution in [3.8, 4) is 0 Å². The van der Waals surface area contributed by atoms with Gasteiger partial charge in [-0.3, -0.25) is 0 Å². The predicted octanol–water partition coefficient (Wildman–Crippen LogP) is 2.01. The highest BCUT2D eigenvalue weighted by atomic mass is 32.2. The molecule has 4 nitrogen and oxygen atoms in total. The maximum Gasteiger partial charge on any atom is 0.243 e. The van der Waals surface area contributed by atoms with Crippen molar-refractivity contribution in [3.05, 3.63) is 29.8 Å². The highest BCUT2D eigenvalue weighted by Crippen LogP contribution is 2.23. The summed E-state index contributed by atoms with van der Waals surface area (Å²) in [7, 11) is -3.33. The number of aryl methyl sites for hydroxylation is 1. The van der Waals surface area contributed by atoms with Crippen LogP contribution in [0.5, 0.6) is 0 Å². The minimum absolute atomic E-state index is 0.409. The molecule has 0 aliphatic carbocycles. The predicted molar refractivity (Wildman–Crippen MR) is 81.2 cm³/mol. The van der Waals surface area contributed by atoms with Crippen molar-refractivity contribution >= 4 is 10.0 Å². The second kappa shape index (κ2) is 6.70. The van der Waals surface area contributed by atoms with Crippen molar-refractivity contribution < 1.29 is 8.42 Å². The van der Waals surface area contributed by atoms with E-state index in [1.54, 1.807) is 16.4 Å². The third-order valence-corrected chi connectivity index (χ3v) is 5.70. The summed E-state index contributed by atoms with van der Waals surface area (Å²) in [6, 6.07) is 7.12. The van der Waals surface area contributed by atoms with Crippen LogP contribution in [0.3, 0.4) is 0 Å². The molecule has 20 heavy (non-hydrogen) atoms. The average molecular weight is 296 g/mol. The molecule has 1 aromatic carbocycles. The second-order valence-corrected chi connectivity index (χ2v) is 7.43. The van der Waals surface area contributed by atoms with Crippen molar-refractivity contribution in [2.45, 2.75) is 31.6 Å². The maximum absolute atomic E-state index is 12.6. The highest BCUT2D eigenvalue weighted by Gasteiger charge is 2.29. The van der Waals surface area contributed by atoms with E-state index in [9.17, 15) is 8.42 Å². The van der Waals surface area contributed by atoms with Gasteiger partial charge in [-0.05, 0) is 50.9 Å². The molecule has 0 bridgehead atoms. The molecule has 1 aromatic rings. The van der Waals surface area contributed by atoms with E-state index >= 15 is 0 Å². The molecule has 1 saturated heterocycles. The maximum atomic E-state index is 12.6. The number of nitrogens with zero attached hydrogens (tertiary/aromatic N) is 1. The minimum atomic E-state index is -3.33. The molecule has 1 fully saturated rings. The molecular weight excluding hydrogens is 272 g/mol. The van der Waals surface area contributed by atoms with Crippen LogP contribution in [-0.2, 0) is 10.0 Å². The van der Waals surface area contributed by atoms with Gasteiger partial charge in [-0.1, -0.05) is 24.6 Å². The van der Waals surface area contributed by atoms with Gasteiger partial charge in [0.05, 0.1) is 4.90 Å². The summed E-state index contributed by atoms with van der Waals surface area (Å²) in [5, 5.41) is 3.32. The molecule has 0 spiro atoms. The molecule has 1 atom stereocenters. The molecule has 5 heteroatoms. The van der Waals surface area contributed by atoms with E-state index in [-0.39, 0.29) is 0 Å². The van der Waals surface area contributed by atoms with Crippen LogP contribution in [0.15, 0.2) is 29.2 Å². The van der Waals surface area contributed by atoms with Gasteiger partial charge >= 0.3 is 0 Å². The number of hydrogen-bond acceptors (Lipinski definition) is 3. The molecule has 1 unspecified atom stereocenters. The first-order valence-corrected chi connectivity index (χ1v) is 8.75. The Labute approximate surface area is 122 Å². The summed E-state index contributed by atoms with van der Waals surface area (Å²) in [5.41, 5.74) is 1.08. The van der Waals surface area contributed by atoms with Gasteiger partial charge in [0.1, 0.15) is 0 Å². The lowest BCUT2D eigenvalue weighted by atomic mass is 10.00. The molecule has 0 saturated carbocycles. The Morgan fingerprint density at radius 2 is 2.00 bits per heavy atom. The Bertz CT molecular complexity index is 525. The number of hydrogen-bond donors (Lipinski definition) is 1. The average Bonchev–Trinajstić information content (AvgIpc) is 2.46. The van der Waals surface area contributed by atoms with Gasteiger partial charge in [0, 0.05) is 13.1 Å². The molecule has 2 rings (SSSR count). The van der Waals surface area contributed by atoms with Crippen LogP contribution in [0.4, 0.5) is 0 Å². The smallest absolute Gasteiger partial charge is 0.243 e. The fourth-order valence-electron chi connectivity index (χ4n) is 2.62. The van der Waals surface area contributed by atoms with Crippen molar-refractivity contribution in [3.63, 3.8) is 0 Å². The summed E-state index contributed by atoms with van der Waals surface area (Å²) in [6.45, 7) is 7.13. The Balaban J connectivity index is 2.10. The normalized spacial score (nSPS) is 21.0. The number of sulfonamides is 1. The van der Waals surface area contributed by atoms with Crippen LogP contribution >= 0.6 is 0 Å². The standard InChI is InChI=1S/C15H24N2O2S/c1-3-16-11-14-5-4-10-17(12-14)20(18,19)15-8-6-13(2)7-9-15/h6-9,14,16H,3-5,10-12H2,1-2H3. The zero-order valence-electron chi connectivity index (χ0n) is 12.3. The largest absolute Gasteiger partial charge is 0.317 e. The quantitative estimate of drug-likeness (QED) is 0.904. The van der Waals surface area contributed by atoms with Gasteiger partial charge in [0.15, 0.2) is 0 Å². The second-order valence-electron chi connectivity index (χ2n) is 5.49. The van der Waals surface area contributed by atoms with E-state index in [4.69, 9.17) is 0 Å². The number of rotatable bonds is 5. The van der Waals surface area contributed by atoms with E-state index in [1.165, 1.54) is 0 Å². The fraction of sp³-hybridized carbons (Fsp3) is 0.600. The molecule has 1 aliphatic rings. The van der Waals surface area contributed by atoms with Crippen LogP contribution in [0.1, 0.15) is 25.3 Å². The number of benzene rings is 1. The Kier molecular flexibility index (Phi) is 5.18. The lowest BCUT2D eigenvalue weighted by molar-refractivity contribution is 0.261. The van der Waals surface area contributed by atoms with Crippen molar-refractivity contribution in [1.29, 1.82) is 0 Å². The zero-order valence-corrected chi connectivity index (χ0v) is 13.1. The number of nitrogens with one attached hydrogen (secondary N) is 1. The van der Waals surface area contributed by atoms with Crippen molar-refractivity contribution in [1.82, 2.24) is 9.62 Å². The summed E-state index contributed by atoms with van der Waals surface area (Å²) in [6.07, 6.45) is 2.05. The van der Waals surface area contributed by atoms with E-state index in [1.807, 2.05) is 19.1 Å². The summed E-state index contributed by atoms with van der Waals surface area (Å²) < 4.78 is 26.9. The van der Waals surface area contributed by atoms with Crippen LogP contribution in [-0.4, -0.2) is 38.9 Å². The Morgan fingerprint density at radius 1 is 1.30 bits per heavy atom.